The van der Waals surface area contributed by atoms with Crippen molar-refractivity contribution in [1.82, 2.24) is 10.3 Å². The van der Waals surface area contributed by atoms with Gasteiger partial charge in [0.25, 0.3) is 0 Å². The van der Waals surface area contributed by atoms with E-state index in [1.54, 1.807) is 36.7 Å². The summed E-state index contributed by atoms with van der Waals surface area (Å²) in [6.45, 7) is 0.417. The van der Waals surface area contributed by atoms with E-state index in [1.807, 2.05) is 30.3 Å². The number of hydrogen-bond acceptors (Lipinski definition) is 5. The van der Waals surface area contributed by atoms with E-state index in [0.717, 1.165) is 36.8 Å². The number of nitrogens with zero attached hydrogens (tertiary/aromatic N) is 1. The number of aromatic nitrogens is 1. The number of sulfone groups is 1. The number of carbonyl (C=O) groups is 1. The van der Waals surface area contributed by atoms with Gasteiger partial charge in [0.15, 0.2) is 15.7 Å². The van der Waals surface area contributed by atoms with Crippen molar-refractivity contribution in [2.45, 2.75) is 49.0 Å². The van der Waals surface area contributed by atoms with Crippen molar-refractivity contribution in [3.8, 4) is 0 Å². The van der Waals surface area contributed by atoms with Crippen molar-refractivity contribution in [2.24, 2.45) is 5.92 Å². The summed E-state index contributed by atoms with van der Waals surface area (Å²) >= 11 is 0. The van der Waals surface area contributed by atoms with Crippen LogP contribution in [0.2, 0.25) is 0 Å². The summed E-state index contributed by atoms with van der Waals surface area (Å²) < 4.78 is 29.6. The van der Waals surface area contributed by atoms with Gasteiger partial charge in [-0.15, -0.1) is 0 Å². The topological polar surface area (TPSA) is 89.3 Å². The predicted octanol–water partition coefficient (Wildman–Crippen LogP) is 4.45. The lowest BCUT2D eigenvalue weighted by atomic mass is 9.76. The van der Waals surface area contributed by atoms with E-state index in [9.17, 15) is 13.2 Å². The standard InChI is InChI=1S/C25H28N2O4S/c1-32(29,30)21-13-11-20(12-14-21)22(24(28)27-17-18-7-3-2-4-8-18)23(19-9-5-6-10-19)25-26-15-16-31-25/h2-4,7-8,11-16,19,22-23H,5-6,9-10,17H2,1H3,(H,27,28). The molecule has 1 fully saturated rings. The van der Waals surface area contributed by atoms with Crippen molar-refractivity contribution in [3.63, 3.8) is 0 Å². The second-order valence-corrected chi connectivity index (χ2v) is 10.5. The molecule has 0 bridgehead atoms. The van der Waals surface area contributed by atoms with Crippen LogP contribution in [0.4, 0.5) is 0 Å². The monoisotopic (exact) mass is 452 g/mol. The summed E-state index contributed by atoms with van der Waals surface area (Å²) in [7, 11) is -3.32. The zero-order valence-corrected chi connectivity index (χ0v) is 18.9. The van der Waals surface area contributed by atoms with Crippen LogP contribution < -0.4 is 5.32 Å². The summed E-state index contributed by atoms with van der Waals surface area (Å²) in [5, 5.41) is 3.08. The Bertz CT molecular complexity index is 1120. The third kappa shape index (κ3) is 5.10. The molecule has 168 valence electrons. The normalized spacial score (nSPS) is 16.5. The smallest absolute Gasteiger partial charge is 0.228 e. The van der Waals surface area contributed by atoms with Crippen LogP contribution in [0.1, 0.15) is 54.5 Å². The summed E-state index contributed by atoms with van der Waals surface area (Å²) in [5.74, 6) is -0.0304. The fourth-order valence-corrected chi connectivity index (χ4v) is 5.30. The maximum Gasteiger partial charge on any atom is 0.228 e. The Kier molecular flexibility index (Phi) is 6.74. The summed E-state index contributed by atoms with van der Waals surface area (Å²) in [6.07, 6.45) is 8.60. The van der Waals surface area contributed by atoms with E-state index < -0.39 is 15.8 Å². The molecule has 1 N–H and O–H groups in total. The molecule has 1 aliphatic rings. The third-order valence-electron chi connectivity index (χ3n) is 6.26. The Morgan fingerprint density at radius 1 is 1.09 bits per heavy atom. The average molecular weight is 453 g/mol. The van der Waals surface area contributed by atoms with Crippen molar-refractivity contribution in [2.75, 3.05) is 6.26 Å². The molecule has 1 aliphatic carbocycles. The van der Waals surface area contributed by atoms with Crippen molar-refractivity contribution < 1.29 is 17.6 Å². The van der Waals surface area contributed by atoms with Gasteiger partial charge in [0.2, 0.25) is 5.91 Å². The van der Waals surface area contributed by atoms with Gasteiger partial charge in [-0.25, -0.2) is 13.4 Å². The van der Waals surface area contributed by atoms with Crippen LogP contribution in [0.15, 0.2) is 76.4 Å². The Balaban J connectivity index is 1.70. The van der Waals surface area contributed by atoms with E-state index >= 15 is 0 Å². The molecule has 0 spiro atoms. The largest absolute Gasteiger partial charge is 0.449 e. The molecule has 7 heteroatoms. The second kappa shape index (κ2) is 9.69. The zero-order valence-electron chi connectivity index (χ0n) is 18.1. The summed E-state index contributed by atoms with van der Waals surface area (Å²) in [6, 6.07) is 16.4. The fourth-order valence-electron chi connectivity index (χ4n) is 4.67. The number of rotatable bonds is 8. The molecule has 0 aliphatic heterocycles. The first-order chi connectivity index (χ1) is 15.4. The lowest BCUT2D eigenvalue weighted by molar-refractivity contribution is -0.123. The highest BCUT2D eigenvalue weighted by Gasteiger charge is 2.40. The molecule has 2 unspecified atom stereocenters. The van der Waals surface area contributed by atoms with Crippen molar-refractivity contribution in [3.05, 3.63) is 84.1 Å². The number of oxazole rings is 1. The van der Waals surface area contributed by atoms with E-state index in [2.05, 4.69) is 10.3 Å². The number of amides is 1. The summed E-state index contributed by atoms with van der Waals surface area (Å²) in [4.78, 5) is 18.3. The first kappa shape index (κ1) is 22.3. The van der Waals surface area contributed by atoms with E-state index in [-0.39, 0.29) is 22.6 Å². The molecular weight excluding hydrogens is 424 g/mol. The fraction of sp³-hybridized carbons (Fsp3) is 0.360. The Hall–Kier alpha value is -2.93. The highest BCUT2D eigenvalue weighted by Crippen LogP contribution is 2.45. The minimum absolute atomic E-state index is 0.115. The number of nitrogens with one attached hydrogen (secondary N) is 1. The maximum absolute atomic E-state index is 13.6. The zero-order chi connectivity index (χ0) is 22.6. The molecule has 3 aromatic rings. The lowest BCUT2D eigenvalue weighted by Crippen LogP contribution is -2.34. The van der Waals surface area contributed by atoms with Gasteiger partial charge in [-0.05, 0) is 42.0 Å². The van der Waals surface area contributed by atoms with E-state index in [0.29, 0.717) is 12.4 Å². The highest BCUT2D eigenvalue weighted by atomic mass is 32.2. The average Bonchev–Trinajstić information content (AvgIpc) is 3.51. The molecule has 32 heavy (non-hydrogen) atoms. The molecule has 1 aromatic heterocycles. The minimum Gasteiger partial charge on any atom is -0.449 e. The van der Waals surface area contributed by atoms with Crippen LogP contribution in [-0.4, -0.2) is 25.6 Å². The Morgan fingerprint density at radius 3 is 2.38 bits per heavy atom. The van der Waals surface area contributed by atoms with Crippen LogP contribution >= 0.6 is 0 Å². The van der Waals surface area contributed by atoms with Gasteiger partial charge in [0.05, 0.1) is 22.9 Å². The molecule has 4 rings (SSSR count). The number of carbonyl (C=O) groups excluding carboxylic acids is 1. The van der Waals surface area contributed by atoms with Crippen LogP contribution in [0, 0.1) is 5.92 Å². The molecule has 6 nitrogen and oxygen atoms in total. The number of hydrogen-bond donors (Lipinski definition) is 1. The molecule has 0 radical (unpaired) electrons. The second-order valence-electron chi connectivity index (χ2n) is 8.46. The van der Waals surface area contributed by atoms with Crippen LogP contribution in [0.25, 0.3) is 0 Å². The van der Waals surface area contributed by atoms with Gasteiger partial charge in [-0.1, -0.05) is 55.3 Å². The van der Waals surface area contributed by atoms with Crippen LogP contribution in [0.3, 0.4) is 0 Å². The molecule has 1 amide bonds. The molecular formula is C25H28N2O4S. The lowest BCUT2D eigenvalue weighted by Gasteiger charge is -2.29. The van der Waals surface area contributed by atoms with Gasteiger partial charge in [0, 0.05) is 12.8 Å². The van der Waals surface area contributed by atoms with Crippen LogP contribution in [-0.2, 0) is 21.2 Å². The van der Waals surface area contributed by atoms with E-state index in [1.165, 1.54) is 6.26 Å². The van der Waals surface area contributed by atoms with Crippen molar-refractivity contribution >= 4 is 15.7 Å². The van der Waals surface area contributed by atoms with Gasteiger partial charge in [-0.3, -0.25) is 4.79 Å². The van der Waals surface area contributed by atoms with Crippen molar-refractivity contribution in [1.29, 1.82) is 0 Å². The minimum atomic E-state index is -3.32. The van der Waals surface area contributed by atoms with Crippen LogP contribution in [0.5, 0.6) is 0 Å². The Labute approximate surface area is 189 Å². The predicted molar refractivity (Wildman–Crippen MR) is 122 cm³/mol. The van der Waals surface area contributed by atoms with Gasteiger partial charge in [0.1, 0.15) is 6.26 Å². The van der Waals surface area contributed by atoms with Gasteiger partial charge in [-0.2, -0.15) is 0 Å². The van der Waals surface area contributed by atoms with E-state index in [4.69, 9.17) is 4.42 Å². The quantitative estimate of drug-likeness (QED) is 0.545. The van der Waals surface area contributed by atoms with Gasteiger partial charge >= 0.3 is 0 Å². The molecule has 2 atom stereocenters. The first-order valence-electron chi connectivity index (χ1n) is 10.9. The maximum atomic E-state index is 13.6. The van der Waals surface area contributed by atoms with Gasteiger partial charge < -0.3 is 9.73 Å². The Morgan fingerprint density at radius 2 is 1.78 bits per heavy atom. The number of benzene rings is 2. The molecule has 2 aromatic carbocycles. The molecule has 1 heterocycles. The first-order valence-corrected chi connectivity index (χ1v) is 12.8. The summed E-state index contributed by atoms with van der Waals surface area (Å²) in [5.41, 5.74) is 1.78. The third-order valence-corrected chi connectivity index (χ3v) is 7.39. The molecule has 1 saturated carbocycles. The SMILES string of the molecule is CS(=O)(=O)c1ccc(C(C(=O)NCc2ccccc2)C(c2ncco2)C2CCCC2)cc1. The molecule has 0 saturated heterocycles. The highest BCUT2D eigenvalue weighted by molar-refractivity contribution is 7.90.